The summed E-state index contributed by atoms with van der Waals surface area (Å²) in [4.78, 5) is 32.9. The summed E-state index contributed by atoms with van der Waals surface area (Å²) in [5, 5.41) is 13.8. The minimum atomic E-state index is -0.845. The van der Waals surface area contributed by atoms with Gasteiger partial charge in [0.2, 0.25) is 11.8 Å². The highest BCUT2D eigenvalue weighted by Crippen LogP contribution is 1.99. The van der Waals surface area contributed by atoms with Crippen molar-refractivity contribution in [3.05, 3.63) is 0 Å². The molecule has 0 bridgehead atoms. The standard InChI is InChI=1S/C13H24N2O4/c1-10(2)9-15-12(17)7-8-14-11(16)5-3-4-6-13(18)19/h10H,3-9H2,1-2H3,(H,14,16)(H,15,17)(H,18,19). The second kappa shape index (κ2) is 10.3. The molecule has 110 valence electrons. The van der Waals surface area contributed by atoms with E-state index in [2.05, 4.69) is 10.6 Å². The van der Waals surface area contributed by atoms with Gasteiger partial charge in [-0.2, -0.15) is 0 Å². The molecule has 2 amide bonds. The van der Waals surface area contributed by atoms with Crippen LogP contribution in [-0.2, 0) is 14.4 Å². The number of carbonyl (C=O) groups excluding carboxylic acids is 2. The van der Waals surface area contributed by atoms with E-state index >= 15 is 0 Å². The van der Waals surface area contributed by atoms with Crippen molar-refractivity contribution in [1.29, 1.82) is 0 Å². The lowest BCUT2D eigenvalue weighted by atomic mass is 10.2. The molecule has 0 aliphatic carbocycles. The Labute approximate surface area is 113 Å². The van der Waals surface area contributed by atoms with E-state index in [1.54, 1.807) is 0 Å². The predicted octanol–water partition coefficient (Wildman–Crippen LogP) is 0.910. The molecule has 0 rings (SSSR count). The van der Waals surface area contributed by atoms with Gasteiger partial charge in [0, 0.05) is 32.4 Å². The van der Waals surface area contributed by atoms with Crippen molar-refractivity contribution in [1.82, 2.24) is 10.6 Å². The van der Waals surface area contributed by atoms with Crippen LogP contribution in [0.25, 0.3) is 0 Å². The van der Waals surface area contributed by atoms with Gasteiger partial charge in [-0.05, 0) is 18.8 Å². The summed E-state index contributed by atoms with van der Waals surface area (Å²) in [5.41, 5.74) is 0. The van der Waals surface area contributed by atoms with Crippen LogP contribution in [0.1, 0.15) is 46.0 Å². The fourth-order valence-corrected chi connectivity index (χ4v) is 1.37. The molecule has 0 fully saturated rings. The Kier molecular flexibility index (Phi) is 9.48. The fourth-order valence-electron chi connectivity index (χ4n) is 1.37. The van der Waals surface area contributed by atoms with E-state index in [0.29, 0.717) is 38.3 Å². The third-order valence-electron chi connectivity index (χ3n) is 2.43. The first-order valence-electron chi connectivity index (χ1n) is 6.67. The molecule has 0 aliphatic heterocycles. The highest BCUT2D eigenvalue weighted by molar-refractivity contribution is 5.78. The predicted molar refractivity (Wildman–Crippen MR) is 71.6 cm³/mol. The first kappa shape index (κ1) is 17.4. The second-order valence-corrected chi connectivity index (χ2v) is 4.90. The average molecular weight is 272 g/mol. The lowest BCUT2D eigenvalue weighted by Gasteiger charge is -2.08. The van der Waals surface area contributed by atoms with Crippen molar-refractivity contribution < 1.29 is 19.5 Å². The number of carbonyl (C=O) groups is 3. The summed E-state index contributed by atoms with van der Waals surface area (Å²) in [5.74, 6) is -0.642. The number of hydrogen-bond donors (Lipinski definition) is 3. The number of hydrogen-bond acceptors (Lipinski definition) is 3. The topological polar surface area (TPSA) is 95.5 Å². The van der Waals surface area contributed by atoms with Crippen LogP contribution in [0.2, 0.25) is 0 Å². The quantitative estimate of drug-likeness (QED) is 0.515. The van der Waals surface area contributed by atoms with Gasteiger partial charge < -0.3 is 15.7 Å². The minimum Gasteiger partial charge on any atom is -0.481 e. The molecule has 0 unspecified atom stereocenters. The summed E-state index contributed by atoms with van der Waals surface area (Å²) in [6.07, 6.45) is 1.72. The Hall–Kier alpha value is -1.59. The van der Waals surface area contributed by atoms with Crippen LogP contribution in [0, 0.1) is 5.92 Å². The van der Waals surface area contributed by atoms with E-state index in [9.17, 15) is 14.4 Å². The summed E-state index contributed by atoms with van der Waals surface area (Å²) in [6.45, 7) is 4.99. The lowest BCUT2D eigenvalue weighted by Crippen LogP contribution is -2.32. The first-order chi connectivity index (χ1) is 8.91. The van der Waals surface area contributed by atoms with E-state index in [0.717, 1.165) is 0 Å². The van der Waals surface area contributed by atoms with Gasteiger partial charge in [-0.1, -0.05) is 13.8 Å². The third kappa shape index (κ3) is 12.7. The zero-order valence-corrected chi connectivity index (χ0v) is 11.7. The lowest BCUT2D eigenvalue weighted by molar-refractivity contribution is -0.137. The molecule has 0 heterocycles. The molecule has 0 atom stereocenters. The van der Waals surface area contributed by atoms with Crippen molar-refractivity contribution in [3.8, 4) is 0 Å². The second-order valence-electron chi connectivity index (χ2n) is 4.90. The van der Waals surface area contributed by atoms with Gasteiger partial charge in [-0.15, -0.1) is 0 Å². The van der Waals surface area contributed by atoms with E-state index in [1.165, 1.54) is 0 Å². The van der Waals surface area contributed by atoms with Gasteiger partial charge in [0.15, 0.2) is 0 Å². The van der Waals surface area contributed by atoms with Gasteiger partial charge >= 0.3 is 5.97 Å². The molecule has 19 heavy (non-hydrogen) atoms. The number of rotatable bonds is 10. The van der Waals surface area contributed by atoms with Gasteiger partial charge in [-0.3, -0.25) is 14.4 Å². The summed E-state index contributed by atoms with van der Waals surface area (Å²) in [7, 11) is 0. The van der Waals surface area contributed by atoms with Gasteiger partial charge in [0.25, 0.3) is 0 Å². The number of aliphatic carboxylic acids is 1. The van der Waals surface area contributed by atoms with Crippen molar-refractivity contribution in [3.63, 3.8) is 0 Å². The Morgan fingerprint density at radius 1 is 0.947 bits per heavy atom. The molecule has 6 nitrogen and oxygen atoms in total. The summed E-state index contributed by atoms with van der Waals surface area (Å²) < 4.78 is 0. The molecule has 6 heteroatoms. The fraction of sp³-hybridized carbons (Fsp3) is 0.769. The molecule has 0 saturated heterocycles. The highest BCUT2D eigenvalue weighted by Gasteiger charge is 2.05. The molecule has 0 saturated carbocycles. The van der Waals surface area contributed by atoms with Crippen LogP contribution in [0.5, 0.6) is 0 Å². The highest BCUT2D eigenvalue weighted by atomic mass is 16.4. The Morgan fingerprint density at radius 2 is 1.53 bits per heavy atom. The van der Waals surface area contributed by atoms with E-state index in [4.69, 9.17) is 5.11 Å². The SMILES string of the molecule is CC(C)CNC(=O)CCNC(=O)CCCCC(=O)O. The summed E-state index contributed by atoms with van der Waals surface area (Å²) in [6, 6.07) is 0. The average Bonchev–Trinajstić information content (AvgIpc) is 2.32. The number of carboxylic acid groups (broad SMARTS) is 1. The summed E-state index contributed by atoms with van der Waals surface area (Å²) >= 11 is 0. The number of carboxylic acids is 1. The molecule has 0 aromatic rings. The van der Waals surface area contributed by atoms with Crippen LogP contribution in [0.15, 0.2) is 0 Å². The van der Waals surface area contributed by atoms with E-state index in [-0.39, 0.29) is 24.7 Å². The smallest absolute Gasteiger partial charge is 0.303 e. The number of unbranched alkanes of at least 4 members (excludes halogenated alkanes) is 1. The molecular weight excluding hydrogens is 248 g/mol. The van der Waals surface area contributed by atoms with Crippen LogP contribution in [-0.4, -0.2) is 36.0 Å². The largest absolute Gasteiger partial charge is 0.481 e. The van der Waals surface area contributed by atoms with Gasteiger partial charge in [-0.25, -0.2) is 0 Å². The minimum absolute atomic E-state index is 0.0696. The molecular formula is C13H24N2O4. The maximum absolute atomic E-state index is 11.3. The third-order valence-corrected chi connectivity index (χ3v) is 2.43. The van der Waals surface area contributed by atoms with Crippen LogP contribution >= 0.6 is 0 Å². The van der Waals surface area contributed by atoms with Gasteiger partial charge in [0.05, 0.1) is 0 Å². The zero-order valence-electron chi connectivity index (χ0n) is 11.7. The molecule has 0 radical (unpaired) electrons. The monoisotopic (exact) mass is 272 g/mol. The molecule has 0 aromatic heterocycles. The Morgan fingerprint density at radius 3 is 2.11 bits per heavy atom. The number of amides is 2. The maximum atomic E-state index is 11.3. The first-order valence-corrected chi connectivity index (χ1v) is 6.67. The molecule has 0 aromatic carbocycles. The van der Waals surface area contributed by atoms with Crippen LogP contribution in [0.4, 0.5) is 0 Å². The Balaban J connectivity index is 3.47. The number of nitrogens with one attached hydrogen (secondary N) is 2. The maximum Gasteiger partial charge on any atom is 0.303 e. The zero-order chi connectivity index (χ0) is 14.7. The van der Waals surface area contributed by atoms with Crippen molar-refractivity contribution in [2.24, 2.45) is 5.92 Å². The normalized spacial score (nSPS) is 10.3. The van der Waals surface area contributed by atoms with E-state index < -0.39 is 5.97 Å². The van der Waals surface area contributed by atoms with Gasteiger partial charge in [0.1, 0.15) is 0 Å². The van der Waals surface area contributed by atoms with Crippen molar-refractivity contribution in [2.75, 3.05) is 13.1 Å². The van der Waals surface area contributed by atoms with Crippen LogP contribution in [0.3, 0.4) is 0 Å². The van der Waals surface area contributed by atoms with E-state index in [1.807, 2.05) is 13.8 Å². The molecule has 3 N–H and O–H groups in total. The van der Waals surface area contributed by atoms with Crippen LogP contribution < -0.4 is 10.6 Å². The van der Waals surface area contributed by atoms with Crippen molar-refractivity contribution in [2.45, 2.75) is 46.0 Å². The van der Waals surface area contributed by atoms with Crippen molar-refractivity contribution >= 4 is 17.8 Å². The molecule has 0 aliphatic rings. The Bertz CT molecular complexity index is 303. The molecule has 0 spiro atoms.